The van der Waals surface area contributed by atoms with Crippen LogP contribution in [0.1, 0.15) is 22.8 Å². The molecule has 6 nitrogen and oxygen atoms in total. The van der Waals surface area contributed by atoms with Crippen molar-refractivity contribution in [2.75, 3.05) is 12.4 Å². The molecule has 0 saturated carbocycles. The van der Waals surface area contributed by atoms with E-state index < -0.39 is 0 Å². The molecule has 0 radical (unpaired) electrons. The second-order valence-corrected chi connectivity index (χ2v) is 6.97. The average molecular weight is 403 g/mol. The van der Waals surface area contributed by atoms with E-state index in [1.165, 1.54) is 11.8 Å². The molecule has 0 atom stereocenters. The van der Waals surface area contributed by atoms with Gasteiger partial charge in [-0.05, 0) is 36.8 Å². The average Bonchev–Trinajstić information content (AvgIpc) is 3.08. The summed E-state index contributed by atoms with van der Waals surface area (Å²) >= 11 is 7.73. The lowest BCUT2D eigenvalue weighted by molar-refractivity contribution is 0.102. The Morgan fingerprint density at radius 1 is 1.22 bits per heavy atom. The first-order valence-corrected chi connectivity index (χ1v) is 9.73. The molecule has 3 aromatic rings. The zero-order chi connectivity index (χ0) is 19.2. The number of rotatable bonds is 7. The van der Waals surface area contributed by atoms with E-state index in [1.807, 2.05) is 35.8 Å². The predicted octanol–water partition coefficient (Wildman–Crippen LogP) is 4.50. The molecule has 0 fully saturated rings. The highest BCUT2D eigenvalue weighted by Crippen LogP contribution is 2.27. The molecular weight excluding hydrogens is 384 g/mol. The summed E-state index contributed by atoms with van der Waals surface area (Å²) in [6.07, 6.45) is 0. The van der Waals surface area contributed by atoms with E-state index in [0.29, 0.717) is 29.6 Å². The second-order valence-electron chi connectivity index (χ2n) is 5.62. The van der Waals surface area contributed by atoms with E-state index in [-0.39, 0.29) is 5.91 Å². The number of ether oxygens (including phenoxy) is 1. The molecule has 1 N–H and O–H groups in total. The van der Waals surface area contributed by atoms with Gasteiger partial charge < -0.3 is 4.74 Å². The van der Waals surface area contributed by atoms with Crippen molar-refractivity contribution < 1.29 is 9.53 Å². The number of nitrogens with one attached hydrogen (secondary N) is 1. The number of anilines is 1. The van der Waals surface area contributed by atoms with Crippen LogP contribution in [-0.2, 0) is 12.3 Å². The molecule has 1 aromatic heterocycles. The molecule has 1 amide bonds. The lowest BCUT2D eigenvalue weighted by Crippen LogP contribution is -2.16. The fourth-order valence-corrected chi connectivity index (χ4v) is 3.76. The van der Waals surface area contributed by atoms with E-state index in [4.69, 9.17) is 16.3 Å². The third kappa shape index (κ3) is 4.61. The highest BCUT2D eigenvalue weighted by molar-refractivity contribution is 7.98. The molecule has 27 heavy (non-hydrogen) atoms. The number of hydrogen-bond acceptors (Lipinski definition) is 5. The molecule has 0 aliphatic heterocycles. The summed E-state index contributed by atoms with van der Waals surface area (Å²) in [5, 5.41) is 12.6. The monoisotopic (exact) mass is 402 g/mol. The van der Waals surface area contributed by atoms with Gasteiger partial charge in [-0.1, -0.05) is 47.6 Å². The van der Waals surface area contributed by atoms with Gasteiger partial charge in [0, 0.05) is 22.9 Å². The van der Waals surface area contributed by atoms with E-state index in [9.17, 15) is 4.79 Å². The van der Waals surface area contributed by atoms with Gasteiger partial charge in [-0.25, -0.2) is 0 Å². The van der Waals surface area contributed by atoms with E-state index in [0.717, 1.165) is 15.7 Å². The Morgan fingerprint density at radius 3 is 2.78 bits per heavy atom. The SMILES string of the molecule is CCn1c(NC(=O)c2cccc(OC)c2)nnc1SCc1ccccc1Cl. The van der Waals surface area contributed by atoms with Crippen LogP contribution in [0.4, 0.5) is 5.95 Å². The number of aromatic nitrogens is 3. The molecule has 140 valence electrons. The number of amides is 1. The molecule has 0 aliphatic rings. The molecule has 2 aromatic carbocycles. The van der Waals surface area contributed by atoms with Crippen molar-refractivity contribution in [3.63, 3.8) is 0 Å². The normalized spacial score (nSPS) is 10.6. The summed E-state index contributed by atoms with van der Waals surface area (Å²) in [6, 6.07) is 14.6. The van der Waals surface area contributed by atoms with Crippen LogP contribution in [0, 0.1) is 0 Å². The molecular formula is C19H19ClN4O2S. The maximum absolute atomic E-state index is 12.5. The van der Waals surface area contributed by atoms with Crippen molar-refractivity contribution in [1.29, 1.82) is 0 Å². The molecule has 3 rings (SSSR count). The number of methoxy groups -OCH3 is 1. The first-order valence-electron chi connectivity index (χ1n) is 8.37. The van der Waals surface area contributed by atoms with Gasteiger partial charge in [0.25, 0.3) is 5.91 Å². The van der Waals surface area contributed by atoms with Gasteiger partial charge in [0.05, 0.1) is 7.11 Å². The first kappa shape index (κ1) is 19.3. The smallest absolute Gasteiger partial charge is 0.258 e. The van der Waals surface area contributed by atoms with Crippen LogP contribution in [-0.4, -0.2) is 27.8 Å². The van der Waals surface area contributed by atoms with Crippen molar-refractivity contribution in [1.82, 2.24) is 14.8 Å². The Labute approximate surface area is 166 Å². The third-order valence-corrected chi connectivity index (χ3v) is 5.29. The Morgan fingerprint density at radius 2 is 2.04 bits per heavy atom. The third-order valence-electron chi connectivity index (χ3n) is 3.90. The van der Waals surface area contributed by atoms with Crippen LogP contribution in [0.3, 0.4) is 0 Å². The maximum atomic E-state index is 12.5. The minimum atomic E-state index is -0.265. The second kappa shape index (κ2) is 8.92. The van der Waals surface area contributed by atoms with Crippen LogP contribution in [0.2, 0.25) is 5.02 Å². The van der Waals surface area contributed by atoms with Crippen molar-refractivity contribution in [2.45, 2.75) is 24.4 Å². The van der Waals surface area contributed by atoms with Gasteiger partial charge >= 0.3 is 0 Å². The topological polar surface area (TPSA) is 69.0 Å². The molecule has 0 bridgehead atoms. The summed E-state index contributed by atoms with van der Waals surface area (Å²) in [6.45, 7) is 2.61. The largest absolute Gasteiger partial charge is 0.497 e. The highest BCUT2D eigenvalue weighted by Gasteiger charge is 2.15. The minimum absolute atomic E-state index is 0.265. The fourth-order valence-electron chi connectivity index (χ4n) is 2.47. The Kier molecular flexibility index (Phi) is 6.36. The number of carbonyl (C=O) groups excluding carboxylic acids is 1. The van der Waals surface area contributed by atoms with Gasteiger partial charge in [0.1, 0.15) is 5.75 Å². The molecule has 0 aliphatic carbocycles. The number of nitrogens with zero attached hydrogens (tertiary/aromatic N) is 3. The Hall–Kier alpha value is -2.51. The van der Waals surface area contributed by atoms with Gasteiger partial charge in [-0.2, -0.15) is 0 Å². The van der Waals surface area contributed by atoms with E-state index in [1.54, 1.807) is 31.4 Å². The fraction of sp³-hybridized carbons (Fsp3) is 0.211. The molecule has 1 heterocycles. The molecule has 0 spiro atoms. The summed E-state index contributed by atoms with van der Waals surface area (Å²) < 4.78 is 7.02. The number of benzene rings is 2. The predicted molar refractivity (Wildman–Crippen MR) is 108 cm³/mol. The molecule has 0 saturated heterocycles. The van der Waals surface area contributed by atoms with Crippen molar-refractivity contribution >= 4 is 35.2 Å². The highest BCUT2D eigenvalue weighted by atomic mass is 35.5. The summed E-state index contributed by atoms with van der Waals surface area (Å²) in [5.74, 6) is 1.43. The molecule has 0 unspecified atom stereocenters. The Bertz CT molecular complexity index is 945. The zero-order valence-electron chi connectivity index (χ0n) is 15.0. The first-order chi connectivity index (χ1) is 13.1. The summed E-state index contributed by atoms with van der Waals surface area (Å²) in [4.78, 5) is 12.5. The zero-order valence-corrected chi connectivity index (χ0v) is 16.5. The summed E-state index contributed by atoms with van der Waals surface area (Å²) in [5.41, 5.74) is 1.52. The van der Waals surface area contributed by atoms with Crippen molar-refractivity contribution in [3.8, 4) is 5.75 Å². The van der Waals surface area contributed by atoms with Crippen molar-refractivity contribution in [3.05, 3.63) is 64.7 Å². The lowest BCUT2D eigenvalue weighted by atomic mass is 10.2. The van der Waals surface area contributed by atoms with Crippen LogP contribution < -0.4 is 10.1 Å². The lowest BCUT2D eigenvalue weighted by Gasteiger charge is -2.09. The number of halogens is 1. The standard InChI is InChI=1S/C19H19ClN4O2S/c1-3-24-18(21-17(25)13-8-6-9-15(11-13)26-2)22-23-19(24)27-12-14-7-4-5-10-16(14)20/h4-11H,3,12H2,1-2H3,(H,21,22,25). The van der Waals surface area contributed by atoms with Crippen molar-refractivity contribution in [2.24, 2.45) is 0 Å². The van der Waals surface area contributed by atoms with Crippen LogP contribution in [0.5, 0.6) is 5.75 Å². The van der Waals surface area contributed by atoms with Gasteiger partial charge in [-0.15, -0.1) is 10.2 Å². The van der Waals surface area contributed by atoms with Crippen LogP contribution in [0.15, 0.2) is 53.7 Å². The number of carbonyl (C=O) groups is 1. The van der Waals surface area contributed by atoms with Gasteiger partial charge in [0.2, 0.25) is 5.95 Å². The summed E-state index contributed by atoms with van der Waals surface area (Å²) in [7, 11) is 1.56. The van der Waals surface area contributed by atoms with E-state index >= 15 is 0 Å². The van der Waals surface area contributed by atoms with Gasteiger partial charge in [0.15, 0.2) is 5.16 Å². The van der Waals surface area contributed by atoms with Crippen LogP contribution in [0.25, 0.3) is 0 Å². The van der Waals surface area contributed by atoms with Crippen LogP contribution >= 0.6 is 23.4 Å². The van der Waals surface area contributed by atoms with E-state index in [2.05, 4.69) is 15.5 Å². The number of thioether (sulfide) groups is 1. The quantitative estimate of drug-likeness (QED) is 0.589. The maximum Gasteiger partial charge on any atom is 0.258 e. The van der Waals surface area contributed by atoms with Gasteiger partial charge in [-0.3, -0.25) is 14.7 Å². The molecule has 8 heteroatoms. The minimum Gasteiger partial charge on any atom is -0.497 e. The Balaban J connectivity index is 1.73. The number of hydrogen-bond donors (Lipinski definition) is 1.